The third-order valence-electron chi connectivity index (χ3n) is 3.90. The summed E-state index contributed by atoms with van der Waals surface area (Å²) in [7, 11) is 0. The number of amides is 4. The van der Waals surface area contributed by atoms with E-state index in [0.717, 1.165) is 12.8 Å². The first-order valence-corrected chi connectivity index (χ1v) is 9.13. The van der Waals surface area contributed by atoms with E-state index >= 15 is 0 Å². The number of rotatable bonds is 3. The Kier molecular flexibility index (Phi) is 7.44. The number of urea groups is 1. The average Bonchev–Trinajstić information content (AvgIpc) is 2.43. The van der Waals surface area contributed by atoms with Gasteiger partial charge in [-0.25, -0.2) is 9.59 Å². The molecule has 1 atom stereocenters. The van der Waals surface area contributed by atoms with Crippen molar-refractivity contribution in [2.75, 3.05) is 13.1 Å². The molecule has 0 aromatic carbocycles. The Morgan fingerprint density at radius 3 is 2.04 bits per heavy atom. The van der Waals surface area contributed by atoms with Crippen molar-refractivity contribution < 1.29 is 19.1 Å². The zero-order valence-electron chi connectivity index (χ0n) is 17.1. The summed E-state index contributed by atoms with van der Waals surface area (Å²) in [6.45, 7) is 14.1. The maximum absolute atomic E-state index is 12.3. The number of hydrogen-bond donors (Lipinski definition) is 3. The van der Waals surface area contributed by atoms with Crippen molar-refractivity contribution in [1.82, 2.24) is 20.9 Å². The van der Waals surface area contributed by atoms with Gasteiger partial charge in [0.25, 0.3) is 0 Å². The number of alkyl carbamates (subject to hydrolysis) is 1. The molecule has 1 heterocycles. The first-order valence-electron chi connectivity index (χ1n) is 9.13. The van der Waals surface area contributed by atoms with Crippen molar-refractivity contribution in [3.05, 3.63) is 0 Å². The highest BCUT2D eigenvalue weighted by Gasteiger charge is 2.29. The van der Waals surface area contributed by atoms with Gasteiger partial charge < -0.3 is 15.4 Å². The van der Waals surface area contributed by atoms with Crippen molar-refractivity contribution in [2.24, 2.45) is 0 Å². The van der Waals surface area contributed by atoms with Gasteiger partial charge in [0.15, 0.2) is 0 Å². The molecule has 0 radical (unpaired) electrons. The first kappa shape index (κ1) is 22.2. The Labute approximate surface area is 156 Å². The van der Waals surface area contributed by atoms with Crippen molar-refractivity contribution in [2.45, 2.75) is 84.5 Å². The highest BCUT2D eigenvalue weighted by atomic mass is 16.6. The Balaban J connectivity index is 2.41. The summed E-state index contributed by atoms with van der Waals surface area (Å²) in [5.74, 6) is -0.328. The summed E-state index contributed by atoms with van der Waals surface area (Å²) in [5, 5.41) is 7.96. The van der Waals surface area contributed by atoms with E-state index in [4.69, 9.17) is 4.74 Å². The van der Waals surface area contributed by atoms with Crippen LogP contribution in [0, 0.1) is 0 Å². The molecule has 0 aliphatic carbocycles. The number of imide groups is 1. The van der Waals surface area contributed by atoms with E-state index in [9.17, 15) is 14.4 Å². The summed E-state index contributed by atoms with van der Waals surface area (Å²) in [5.41, 5.74) is -0.926. The standard InChI is InChI=1S/C18H34N4O4/c1-12(14(23)20-15(24)21-17(2,3)4)22-10-8-13(9-11-22)19-16(25)26-18(5,6)7/h12-13H,8-11H2,1-7H3,(H,19,25)(H2,20,21,23,24)/t12-/m1/s1. The lowest BCUT2D eigenvalue weighted by atomic mass is 10.0. The second-order valence-electron chi connectivity index (χ2n) is 8.83. The van der Waals surface area contributed by atoms with E-state index in [1.165, 1.54) is 0 Å². The van der Waals surface area contributed by atoms with Gasteiger partial charge in [0, 0.05) is 24.7 Å². The van der Waals surface area contributed by atoms with Crippen molar-refractivity contribution in [3.63, 3.8) is 0 Å². The van der Waals surface area contributed by atoms with Gasteiger partial charge in [-0.3, -0.25) is 15.0 Å². The molecule has 0 aromatic heterocycles. The summed E-state index contributed by atoms with van der Waals surface area (Å²) in [6.07, 6.45) is 1.04. The lowest BCUT2D eigenvalue weighted by Crippen LogP contribution is -2.55. The minimum absolute atomic E-state index is 0.0283. The number of nitrogens with zero attached hydrogens (tertiary/aromatic N) is 1. The molecule has 4 amide bonds. The molecular formula is C18H34N4O4. The van der Waals surface area contributed by atoms with E-state index < -0.39 is 29.3 Å². The fourth-order valence-electron chi connectivity index (χ4n) is 2.66. The Bertz CT molecular complexity index is 514. The number of nitrogens with one attached hydrogen (secondary N) is 3. The van der Waals surface area contributed by atoms with Crippen LogP contribution in [0.15, 0.2) is 0 Å². The third-order valence-corrected chi connectivity index (χ3v) is 3.90. The predicted molar refractivity (Wildman–Crippen MR) is 99.9 cm³/mol. The molecule has 0 unspecified atom stereocenters. The fourth-order valence-corrected chi connectivity index (χ4v) is 2.66. The van der Waals surface area contributed by atoms with Crippen LogP contribution in [0.5, 0.6) is 0 Å². The van der Waals surface area contributed by atoms with Gasteiger partial charge in [0.1, 0.15) is 5.60 Å². The lowest BCUT2D eigenvalue weighted by molar-refractivity contribution is -0.125. The second-order valence-corrected chi connectivity index (χ2v) is 8.83. The van der Waals surface area contributed by atoms with Crippen LogP contribution in [0.25, 0.3) is 0 Å². The topological polar surface area (TPSA) is 99.8 Å². The molecule has 26 heavy (non-hydrogen) atoms. The summed E-state index contributed by atoms with van der Waals surface area (Å²) >= 11 is 0. The molecule has 8 nitrogen and oxygen atoms in total. The molecule has 0 spiro atoms. The molecule has 8 heteroatoms. The number of carbonyl (C=O) groups excluding carboxylic acids is 3. The van der Waals surface area contributed by atoms with Crippen LogP contribution in [0.4, 0.5) is 9.59 Å². The Morgan fingerprint density at radius 1 is 1.04 bits per heavy atom. The normalized spacial score (nSPS) is 18.0. The summed E-state index contributed by atoms with van der Waals surface area (Å²) in [4.78, 5) is 37.9. The van der Waals surface area contributed by atoms with Crippen molar-refractivity contribution in [3.8, 4) is 0 Å². The molecule has 3 N–H and O–H groups in total. The van der Waals surface area contributed by atoms with E-state index in [-0.39, 0.29) is 11.9 Å². The number of piperidine rings is 1. The highest BCUT2D eigenvalue weighted by molar-refractivity contribution is 5.97. The molecule has 1 fully saturated rings. The van der Waals surface area contributed by atoms with Gasteiger partial charge in [-0.15, -0.1) is 0 Å². The molecule has 0 saturated carbocycles. The van der Waals surface area contributed by atoms with Crippen molar-refractivity contribution in [1.29, 1.82) is 0 Å². The average molecular weight is 370 g/mol. The lowest BCUT2D eigenvalue weighted by Gasteiger charge is -2.35. The molecule has 1 saturated heterocycles. The second kappa shape index (κ2) is 8.70. The third kappa shape index (κ3) is 8.51. The quantitative estimate of drug-likeness (QED) is 0.705. The van der Waals surface area contributed by atoms with Gasteiger partial charge >= 0.3 is 12.1 Å². The Hall–Kier alpha value is -1.83. The zero-order valence-corrected chi connectivity index (χ0v) is 17.1. The van der Waals surface area contributed by atoms with E-state index in [2.05, 4.69) is 16.0 Å². The summed E-state index contributed by atoms with van der Waals surface area (Å²) < 4.78 is 5.26. The highest BCUT2D eigenvalue weighted by Crippen LogP contribution is 2.15. The van der Waals surface area contributed by atoms with Gasteiger partial charge in [-0.1, -0.05) is 0 Å². The minimum atomic E-state index is -0.523. The first-order chi connectivity index (χ1) is 11.8. The maximum Gasteiger partial charge on any atom is 0.407 e. The van der Waals surface area contributed by atoms with Crippen LogP contribution >= 0.6 is 0 Å². The molecule has 0 aromatic rings. The number of likely N-dealkylation sites (tertiary alicyclic amines) is 1. The molecule has 1 rings (SSSR count). The van der Waals surface area contributed by atoms with Crippen LogP contribution in [-0.4, -0.2) is 59.2 Å². The number of carbonyl (C=O) groups is 3. The fraction of sp³-hybridized carbons (Fsp3) is 0.833. The molecule has 150 valence electrons. The molecule has 1 aliphatic rings. The van der Waals surface area contributed by atoms with Crippen LogP contribution in [0.3, 0.4) is 0 Å². The smallest absolute Gasteiger partial charge is 0.407 e. The molecular weight excluding hydrogens is 336 g/mol. The van der Waals surface area contributed by atoms with Crippen molar-refractivity contribution >= 4 is 18.0 Å². The number of hydrogen-bond acceptors (Lipinski definition) is 5. The van der Waals surface area contributed by atoms with Crippen LogP contribution < -0.4 is 16.0 Å². The van der Waals surface area contributed by atoms with E-state index in [0.29, 0.717) is 13.1 Å². The van der Waals surface area contributed by atoms with Crippen LogP contribution in [0.1, 0.15) is 61.3 Å². The molecule has 1 aliphatic heterocycles. The Morgan fingerprint density at radius 2 is 1.58 bits per heavy atom. The van der Waals surface area contributed by atoms with Gasteiger partial charge in [0.2, 0.25) is 5.91 Å². The van der Waals surface area contributed by atoms with E-state index in [1.807, 2.05) is 46.4 Å². The van der Waals surface area contributed by atoms with Gasteiger partial charge in [-0.2, -0.15) is 0 Å². The van der Waals surface area contributed by atoms with Crippen LogP contribution in [0.2, 0.25) is 0 Å². The SMILES string of the molecule is C[C@H](C(=O)NC(=O)NC(C)(C)C)N1CCC(NC(=O)OC(C)(C)C)CC1. The largest absolute Gasteiger partial charge is 0.444 e. The van der Waals surface area contributed by atoms with E-state index in [1.54, 1.807) is 6.92 Å². The van der Waals surface area contributed by atoms with Crippen LogP contribution in [-0.2, 0) is 9.53 Å². The maximum atomic E-state index is 12.3. The van der Waals surface area contributed by atoms with Gasteiger partial charge in [-0.05, 0) is 61.3 Å². The monoisotopic (exact) mass is 370 g/mol. The van der Waals surface area contributed by atoms with Gasteiger partial charge in [0.05, 0.1) is 6.04 Å². The minimum Gasteiger partial charge on any atom is -0.444 e. The zero-order chi connectivity index (χ0) is 20.1. The molecule has 0 bridgehead atoms. The predicted octanol–water partition coefficient (Wildman–Crippen LogP) is 1.99. The summed E-state index contributed by atoms with van der Waals surface area (Å²) in [6, 6.07) is -0.875. The number of ether oxygens (including phenoxy) is 1.